The van der Waals surface area contributed by atoms with Gasteiger partial charge in [0, 0.05) is 31.1 Å². The molecule has 1 N–H and O–H groups in total. The van der Waals surface area contributed by atoms with Crippen LogP contribution in [0.25, 0.3) is 0 Å². The number of nitrogens with zero attached hydrogens (tertiary/aromatic N) is 2. The van der Waals surface area contributed by atoms with Crippen LogP contribution in [0.5, 0.6) is 5.75 Å². The Labute approximate surface area is 181 Å². The summed E-state index contributed by atoms with van der Waals surface area (Å²) in [6, 6.07) is 12.9. The highest BCUT2D eigenvalue weighted by Gasteiger charge is 2.39. The number of carbonyl (C=O) groups excluding carboxylic acids is 1. The van der Waals surface area contributed by atoms with E-state index in [1.165, 1.54) is 40.7 Å². The Balaban J connectivity index is 1.52. The number of carbonyl (C=O) groups is 1. The number of benzene rings is 2. The maximum Gasteiger partial charge on any atom is 0.269 e. The summed E-state index contributed by atoms with van der Waals surface area (Å²) in [5.41, 5.74) is -0.0143. The van der Waals surface area contributed by atoms with Crippen LogP contribution in [0.2, 0.25) is 0 Å². The van der Waals surface area contributed by atoms with Gasteiger partial charge < -0.3 is 10.1 Å². The molecule has 0 bridgehead atoms. The van der Waals surface area contributed by atoms with E-state index < -0.39 is 21.0 Å². The molecular formula is C21H25N3O6S. The number of non-ortho nitro benzene ring substituents is 1. The fraction of sp³-hybridized carbons (Fsp3) is 0.381. The van der Waals surface area contributed by atoms with Crippen molar-refractivity contribution < 1.29 is 22.9 Å². The molecule has 1 fully saturated rings. The molecule has 1 amide bonds. The van der Waals surface area contributed by atoms with Crippen molar-refractivity contribution in [2.24, 2.45) is 0 Å². The van der Waals surface area contributed by atoms with Gasteiger partial charge in [-0.1, -0.05) is 18.2 Å². The van der Waals surface area contributed by atoms with E-state index in [0.717, 1.165) is 0 Å². The van der Waals surface area contributed by atoms with Crippen LogP contribution in [0, 0.1) is 10.1 Å². The number of rotatable bonds is 9. The molecule has 3 rings (SSSR count). The minimum Gasteiger partial charge on any atom is -0.494 e. The van der Waals surface area contributed by atoms with Crippen molar-refractivity contribution in [3.05, 3.63) is 64.7 Å². The van der Waals surface area contributed by atoms with E-state index >= 15 is 0 Å². The molecule has 0 radical (unpaired) electrons. The van der Waals surface area contributed by atoms with Crippen LogP contribution in [0.1, 0.15) is 26.2 Å². The maximum absolute atomic E-state index is 12.9. The van der Waals surface area contributed by atoms with E-state index in [2.05, 4.69) is 5.32 Å². The van der Waals surface area contributed by atoms with Gasteiger partial charge in [0.15, 0.2) is 0 Å². The van der Waals surface area contributed by atoms with Gasteiger partial charge in [0.2, 0.25) is 15.9 Å². The summed E-state index contributed by atoms with van der Waals surface area (Å²) >= 11 is 0. The van der Waals surface area contributed by atoms with Crippen LogP contribution in [0.15, 0.2) is 59.5 Å². The Morgan fingerprint density at radius 1 is 1.23 bits per heavy atom. The molecule has 2 aromatic rings. The second-order valence-corrected chi connectivity index (χ2v) is 9.28. The van der Waals surface area contributed by atoms with Crippen molar-refractivity contribution in [1.82, 2.24) is 9.62 Å². The lowest BCUT2D eigenvalue weighted by atomic mass is 10.2. The van der Waals surface area contributed by atoms with Gasteiger partial charge in [0.25, 0.3) is 5.69 Å². The summed E-state index contributed by atoms with van der Waals surface area (Å²) < 4.78 is 32.7. The topological polar surface area (TPSA) is 119 Å². The molecule has 0 aromatic heterocycles. The molecule has 0 saturated carbocycles. The fourth-order valence-electron chi connectivity index (χ4n) is 3.45. The van der Waals surface area contributed by atoms with E-state index in [1.807, 2.05) is 6.92 Å². The second-order valence-electron chi connectivity index (χ2n) is 7.38. The van der Waals surface area contributed by atoms with Gasteiger partial charge in [-0.15, -0.1) is 0 Å². The molecule has 2 aromatic carbocycles. The molecule has 1 heterocycles. The predicted molar refractivity (Wildman–Crippen MR) is 114 cm³/mol. The molecule has 2 unspecified atom stereocenters. The predicted octanol–water partition coefficient (Wildman–Crippen LogP) is 2.72. The highest BCUT2D eigenvalue weighted by molar-refractivity contribution is 7.89. The molecule has 1 saturated heterocycles. The van der Waals surface area contributed by atoms with E-state index in [-0.39, 0.29) is 22.5 Å². The lowest BCUT2D eigenvalue weighted by Crippen LogP contribution is -2.48. The quantitative estimate of drug-likeness (QED) is 0.466. The monoisotopic (exact) mass is 447 g/mol. The summed E-state index contributed by atoms with van der Waals surface area (Å²) in [5, 5.41) is 13.5. The Bertz CT molecular complexity index is 1010. The molecule has 0 spiro atoms. The molecule has 9 nitrogen and oxygen atoms in total. The number of amides is 1. The summed E-state index contributed by atoms with van der Waals surface area (Å²) in [6.07, 6.45) is 1.60. The highest BCUT2D eigenvalue weighted by atomic mass is 32.2. The zero-order valence-electron chi connectivity index (χ0n) is 17.1. The molecule has 166 valence electrons. The van der Waals surface area contributed by atoms with Crippen LogP contribution in [0.3, 0.4) is 0 Å². The first-order valence-corrected chi connectivity index (χ1v) is 11.5. The number of sulfonamides is 1. The van der Waals surface area contributed by atoms with Crippen LogP contribution in [0.4, 0.5) is 5.69 Å². The summed E-state index contributed by atoms with van der Waals surface area (Å²) in [6.45, 7) is 2.44. The minimum atomic E-state index is -3.73. The maximum atomic E-state index is 12.9. The van der Waals surface area contributed by atoms with Crippen molar-refractivity contribution in [3.8, 4) is 5.75 Å². The number of nitro benzene ring substituents is 1. The number of ether oxygens (including phenoxy) is 1. The Morgan fingerprint density at radius 3 is 2.55 bits per heavy atom. The number of hydrogen-bond donors (Lipinski definition) is 1. The van der Waals surface area contributed by atoms with Gasteiger partial charge in [0.1, 0.15) is 11.8 Å². The second kappa shape index (κ2) is 9.88. The smallest absolute Gasteiger partial charge is 0.269 e. The lowest BCUT2D eigenvalue weighted by Gasteiger charge is -2.25. The first kappa shape index (κ1) is 22.7. The average molecular weight is 448 g/mol. The van der Waals surface area contributed by atoms with Crippen molar-refractivity contribution in [1.29, 1.82) is 0 Å². The zero-order valence-corrected chi connectivity index (χ0v) is 18.0. The van der Waals surface area contributed by atoms with Crippen LogP contribution in [-0.2, 0) is 14.8 Å². The van der Waals surface area contributed by atoms with Gasteiger partial charge >= 0.3 is 0 Å². The molecule has 0 aliphatic carbocycles. The molecule has 10 heteroatoms. The summed E-state index contributed by atoms with van der Waals surface area (Å²) in [4.78, 5) is 23.1. The van der Waals surface area contributed by atoms with Crippen molar-refractivity contribution in [2.45, 2.75) is 43.2 Å². The fourth-order valence-corrected chi connectivity index (χ4v) is 5.12. The third-order valence-electron chi connectivity index (χ3n) is 5.11. The average Bonchev–Trinajstić information content (AvgIpc) is 3.26. The van der Waals surface area contributed by atoms with Gasteiger partial charge in [0.05, 0.1) is 16.4 Å². The molecule has 1 aliphatic heterocycles. The standard InChI is InChI=1S/C21H25N3O6S/c1-16(13-15-30-18-11-9-17(10-12-18)24(26)27)22-21(25)20-8-5-14-23(20)31(28,29)19-6-3-2-4-7-19/h2-4,6-7,9-12,16,20H,5,8,13-15H2,1H3,(H,22,25). The van der Waals surface area contributed by atoms with Crippen LogP contribution >= 0.6 is 0 Å². The van der Waals surface area contributed by atoms with E-state index in [0.29, 0.717) is 38.2 Å². The van der Waals surface area contributed by atoms with E-state index in [9.17, 15) is 23.3 Å². The normalized spacial score (nSPS) is 17.8. The summed E-state index contributed by atoms with van der Waals surface area (Å²) in [7, 11) is -3.73. The van der Waals surface area contributed by atoms with Crippen molar-refractivity contribution in [2.75, 3.05) is 13.2 Å². The van der Waals surface area contributed by atoms with Crippen LogP contribution in [-0.4, -0.2) is 48.8 Å². The third kappa shape index (κ3) is 5.59. The van der Waals surface area contributed by atoms with E-state index in [4.69, 9.17) is 4.74 Å². The van der Waals surface area contributed by atoms with Gasteiger partial charge in [-0.2, -0.15) is 4.31 Å². The van der Waals surface area contributed by atoms with Crippen LogP contribution < -0.4 is 10.1 Å². The van der Waals surface area contributed by atoms with Gasteiger partial charge in [-0.3, -0.25) is 14.9 Å². The molecule has 31 heavy (non-hydrogen) atoms. The van der Waals surface area contributed by atoms with Crippen molar-refractivity contribution >= 4 is 21.6 Å². The molecular weight excluding hydrogens is 422 g/mol. The van der Waals surface area contributed by atoms with Gasteiger partial charge in [-0.25, -0.2) is 8.42 Å². The minimum absolute atomic E-state index is 0.0143. The van der Waals surface area contributed by atoms with Gasteiger partial charge in [-0.05, 0) is 44.0 Å². The largest absolute Gasteiger partial charge is 0.494 e. The number of nitro groups is 1. The Morgan fingerprint density at radius 2 is 1.90 bits per heavy atom. The Kier molecular flexibility index (Phi) is 7.24. The summed E-state index contributed by atoms with van der Waals surface area (Å²) in [5.74, 6) is 0.180. The molecule has 1 aliphatic rings. The van der Waals surface area contributed by atoms with Crippen molar-refractivity contribution in [3.63, 3.8) is 0 Å². The zero-order chi connectivity index (χ0) is 22.4. The number of nitrogens with one attached hydrogen (secondary N) is 1. The Hall–Kier alpha value is -2.98. The first-order valence-electron chi connectivity index (χ1n) is 10.0. The molecule has 2 atom stereocenters. The first-order chi connectivity index (χ1) is 14.8. The third-order valence-corrected chi connectivity index (χ3v) is 7.03. The SMILES string of the molecule is CC(CCOc1ccc([N+](=O)[O-])cc1)NC(=O)C1CCCN1S(=O)(=O)c1ccccc1. The lowest BCUT2D eigenvalue weighted by molar-refractivity contribution is -0.384. The van der Waals surface area contributed by atoms with E-state index in [1.54, 1.807) is 18.2 Å². The number of hydrogen-bond acceptors (Lipinski definition) is 6. The highest BCUT2D eigenvalue weighted by Crippen LogP contribution is 2.26.